The summed E-state index contributed by atoms with van der Waals surface area (Å²) in [5, 5.41) is 10.3. The Hall–Kier alpha value is -1.79. The van der Waals surface area contributed by atoms with Crippen LogP contribution < -0.4 is 4.74 Å². The number of rotatable bonds is 12. The van der Waals surface area contributed by atoms with Crippen LogP contribution in [0.5, 0.6) is 5.75 Å². The van der Waals surface area contributed by atoms with Crippen LogP contribution >= 0.6 is 0 Å². The fourth-order valence-electron chi connectivity index (χ4n) is 3.80. The highest BCUT2D eigenvalue weighted by molar-refractivity contribution is 5.30. The molecule has 1 N–H and O–H groups in total. The molecule has 1 aliphatic carbocycles. The van der Waals surface area contributed by atoms with Gasteiger partial charge in [-0.1, -0.05) is 30.4 Å². The van der Waals surface area contributed by atoms with Crippen molar-refractivity contribution in [3.8, 4) is 5.75 Å². The molecular weight excluding hydrogens is 393 g/mol. The topological polar surface area (TPSA) is 38.7 Å². The minimum Gasteiger partial charge on any atom is -0.493 e. The van der Waals surface area contributed by atoms with Crippen LogP contribution in [0.15, 0.2) is 48.6 Å². The monoisotopic (exact) mass is 426 g/mol. The second kappa shape index (κ2) is 12.8. The Morgan fingerprint density at radius 2 is 1.90 bits per heavy atom. The molecular formula is C24H33F3O3. The largest absolute Gasteiger partial charge is 0.493 e. The molecule has 1 saturated carbocycles. The van der Waals surface area contributed by atoms with Gasteiger partial charge in [0.05, 0.1) is 18.3 Å². The third kappa shape index (κ3) is 8.52. The minimum atomic E-state index is -4.37. The van der Waals surface area contributed by atoms with Crippen LogP contribution in [-0.4, -0.2) is 31.5 Å². The van der Waals surface area contributed by atoms with Crippen LogP contribution in [0, 0.1) is 11.8 Å². The number of methoxy groups -OCH3 is 1. The van der Waals surface area contributed by atoms with Crippen molar-refractivity contribution in [2.75, 3.05) is 20.3 Å². The van der Waals surface area contributed by atoms with E-state index in [9.17, 15) is 18.3 Å². The Morgan fingerprint density at radius 3 is 2.67 bits per heavy atom. The Labute approximate surface area is 177 Å². The van der Waals surface area contributed by atoms with Crippen LogP contribution in [0.25, 0.3) is 0 Å². The molecule has 30 heavy (non-hydrogen) atoms. The summed E-state index contributed by atoms with van der Waals surface area (Å²) in [5.41, 5.74) is -0.709. The van der Waals surface area contributed by atoms with Gasteiger partial charge in [0, 0.05) is 19.6 Å². The van der Waals surface area contributed by atoms with E-state index in [-0.39, 0.29) is 17.8 Å². The van der Waals surface area contributed by atoms with Crippen LogP contribution in [0.4, 0.5) is 13.2 Å². The van der Waals surface area contributed by atoms with Crippen molar-refractivity contribution in [2.24, 2.45) is 11.8 Å². The number of unbranched alkanes of at least 4 members (excludes halogenated alkanes) is 2. The van der Waals surface area contributed by atoms with E-state index < -0.39 is 11.7 Å². The third-order valence-electron chi connectivity index (χ3n) is 5.47. The molecule has 0 aromatic heterocycles. The molecule has 0 bridgehead atoms. The number of ether oxygens (including phenoxy) is 2. The van der Waals surface area contributed by atoms with Gasteiger partial charge in [-0.05, 0) is 69.1 Å². The Morgan fingerprint density at radius 1 is 1.07 bits per heavy atom. The number of aliphatic hydroxyl groups is 1. The SMILES string of the molecule is COCCCC/C=C\C[C@H]1CC[C@@H](O)C1/C=C/CCOc1cccc(C(F)(F)F)c1. The summed E-state index contributed by atoms with van der Waals surface area (Å²) < 4.78 is 48.7. The van der Waals surface area contributed by atoms with Gasteiger partial charge in [-0.2, -0.15) is 13.2 Å². The lowest BCUT2D eigenvalue weighted by Gasteiger charge is -2.17. The summed E-state index contributed by atoms with van der Waals surface area (Å²) in [6, 6.07) is 4.92. The highest BCUT2D eigenvalue weighted by Crippen LogP contribution is 2.36. The maximum atomic E-state index is 12.7. The zero-order valence-electron chi connectivity index (χ0n) is 17.6. The van der Waals surface area contributed by atoms with Gasteiger partial charge < -0.3 is 14.6 Å². The highest BCUT2D eigenvalue weighted by atomic mass is 19.4. The molecule has 1 unspecified atom stereocenters. The zero-order valence-corrected chi connectivity index (χ0v) is 17.6. The highest BCUT2D eigenvalue weighted by Gasteiger charge is 2.32. The molecule has 0 radical (unpaired) electrons. The number of alkyl halides is 3. The van der Waals surface area contributed by atoms with E-state index in [1.54, 1.807) is 7.11 Å². The second-order valence-corrected chi connectivity index (χ2v) is 7.77. The van der Waals surface area contributed by atoms with Crippen molar-refractivity contribution in [3.05, 3.63) is 54.1 Å². The first-order chi connectivity index (χ1) is 14.4. The Kier molecular flexibility index (Phi) is 10.4. The van der Waals surface area contributed by atoms with Gasteiger partial charge in [0.25, 0.3) is 0 Å². The number of hydrogen-bond donors (Lipinski definition) is 1. The summed E-state index contributed by atoms with van der Waals surface area (Å²) in [6.45, 7) is 1.10. The Balaban J connectivity index is 1.72. The summed E-state index contributed by atoms with van der Waals surface area (Å²) in [7, 11) is 1.71. The molecule has 2 rings (SSSR count). The number of allylic oxidation sites excluding steroid dienone is 2. The first kappa shape index (κ1) is 24.5. The molecule has 1 aliphatic rings. The van der Waals surface area contributed by atoms with Crippen LogP contribution in [0.1, 0.15) is 50.5 Å². The standard InChI is InChI=1S/C24H33F3O3/c1-29-16-7-4-2-3-5-10-19-14-15-23(28)22(19)13-6-8-17-30-21-12-9-11-20(18-21)24(25,26)27/h3,5-6,9,11-13,18-19,22-23,28H,2,4,7-8,10,14-17H2,1H3/b5-3-,13-6+/t19-,22?,23+/m0/s1. The van der Waals surface area contributed by atoms with Gasteiger partial charge >= 0.3 is 6.18 Å². The van der Waals surface area contributed by atoms with Gasteiger partial charge in [0.15, 0.2) is 0 Å². The van der Waals surface area contributed by atoms with Crippen molar-refractivity contribution in [1.29, 1.82) is 0 Å². The van der Waals surface area contributed by atoms with Crippen molar-refractivity contribution >= 4 is 0 Å². The summed E-state index contributed by atoms with van der Waals surface area (Å²) >= 11 is 0. The first-order valence-corrected chi connectivity index (χ1v) is 10.7. The second-order valence-electron chi connectivity index (χ2n) is 7.77. The molecule has 0 amide bonds. The summed E-state index contributed by atoms with van der Waals surface area (Å²) in [4.78, 5) is 0. The van der Waals surface area contributed by atoms with E-state index in [1.807, 2.05) is 12.2 Å². The zero-order chi connectivity index (χ0) is 21.8. The number of halogens is 3. The normalized spacial score (nSPS) is 22.4. The molecule has 1 aromatic rings. The van der Waals surface area contributed by atoms with E-state index in [4.69, 9.17) is 9.47 Å². The minimum absolute atomic E-state index is 0.122. The van der Waals surface area contributed by atoms with Gasteiger partial charge in [-0.3, -0.25) is 0 Å². The molecule has 6 heteroatoms. The van der Waals surface area contributed by atoms with Crippen LogP contribution in [0.2, 0.25) is 0 Å². The molecule has 0 aliphatic heterocycles. The van der Waals surface area contributed by atoms with Crippen molar-refractivity contribution in [2.45, 2.75) is 57.2 Å². The number of benzene rings is 1. The fourth-order valence-corrected chi connectivity index (χ4v) is 3.80. The third-order valence-corrected chi connectivity index (χ3v) is 5.47. The maximum Gasteiger partial charge on any atom is 0.416 e. The average Bonchev–Trinajstić information content (AvgIpc) is 3.06. The lowest BCUT2D eigenvalue weighted by Crippen LogP contribution is -2.16. The van der Waals surface area contributed by atoms with E-state index in [2.05, 4.69) is 12.2 Å². The van der Waals surface area contributed by atoms with Crippen molar-refractivity contribution in [1.82, 2.24) is 0 Å². The number of hydrogen-bond acceptors (Lipinski definition) is 3. The van der Waals surface area contributed by atoms with Crippen molar-refractivity contribution in [3.63, 3.8) is 0 Å². The molecule has 1 aromatic carbocycles. The van der Waals surface area contributed by atoms with Gasteiger partial charge in [0.2, 0.25) is 0 Å². The molecule has 0 saturated heterocycles. The lowest BCUT2D eigenvalue weighted by molar-refractivity contribution is -0.137. The molecule has 168 valence electrons. The Bertz CT molecular complexity index is 670. The molecule has 0 spiro atoms. The molecule has 0 heterocycles. The lowest BCUT2D eigenvalue weighted by atomic mass is 9.91. The van der Waals surface area contributed by atoms with Gasteiger partial charge in [-0.25, -0.2) is 0 Å². The van der Waals surface area contributed by atoms with Gasteiger partial charge in [-0.15, -0.1) is 0 Å². The first-order valence-electron chi connectivity index (χ1n) is 10.7. The molecule has 1 fully saturated rings. The predicted molar refractivity (Wildman–Crippen MR) is 112 cm³/mol. The van der Waals surface area contributed by atoms with Crippen LogP contribution in [-0.2, 0) is 10.9 Å². The van der Waals surface area contributed by atoms with Crippen molar-refractivity contribution < 1.29 is 27.8 Å². The van der Waals surface area contributed by atoms with E-state index >= 15 is 0 Å². The smallest absolute Gasteiger partial charge is 0.416 e. The predicted octanol–water partition coefficient (Wildman–Crippen LogP) is 6.18. The number of aliphatic hydroxyl groups excluding tert-OH is 1. The molecule has 3 atom stereocenters. The van der Waals surface area contributed by atoms with Crippen LogP contribution in [0.3, 0.4) is 0 Å². The van der Waals surface area contributed by atoms with Gasteiger partial charge in [0.1, 0.15) is 5.75 Å². The van der Waals surface area contributed by atoms with E-state index in [1.165, 1.54) is 12.1 Å². The van der Waals surface area contributed by atoms with E-state index in [0.717, 1.165) is 57.3 Å². The summed E-state index contributed by atoms with van der Waals surface area (Å²) in [5.74, 6) is 0.764. The average molecular weight is 427 g/mol. The molecule has 3 nitrogen and oxygen atoms in total. The maximum absolute atomic E-state index is 12.7. The summed E-state index contributed by atoms with van der Waals surface area (Å²) in [6.07, 6.45) is 10.3. The van der Waals surface area contributed by atoms with E-state index in [0.29, 0.717) is 18.9 Å². The quantitative estimate of drug-likeness (QED) is 0.320. The fraction of sp³-hybridized carbons (Fsp3) is 0.583.